The summed E-state index contributed by atoms with van der Waals surface area (Å²) >= 11 is 0. The molecule has 0 amide bonds. The van der Waals surface area contributed by atoms with E-state index in [-0.39, 0.29) is 18.4 Å². The van der Waals surface area contributed by atoms with Gasteiger partial charge in [0.1, 0.15) is 23.5 Å². The lowest BCUT2D eigenvalue weighted by atomic mass is 9.84. The first-order valence-corrected chi connectivity index (χ1v) is 7.69. The summed E-state index contributed by atoms with van der Waals surface area (Å²) in [5, 5.41) is 20.1. The minimum Gasteiger partial charge on any atom is -0.483 e. The molecule has 0 spiro atoms. The van der Waals surface area contributed by atoms with Crippen LogP contribution in [0.1, 0.15) is 50.3 Å². The number of piperidine rings is 1. The molecule has 0 aliphatic carbocycles. The van der Waals surface area contributed by atoms with E-state index >= 15 is 0 Å². The fourth-order valence-corrected chi connectivity index (χ4v) is 3.46. The second-order valence-corrected chi connectivity index (χ2v) is 6.53. The smallest absolute Gasteiger partial charge is 0.142 e. The van der Waals surface area contributed by atoms with Crippen LogP contribution in [0, 0.1) is 11.3 Å². The van der Waals surface area contributed by atoms with E-state index in [2.05, 4.69) is 11.0 Å². The standard InChI is InChI=1S/C17H22N2O2.ClH/c1-17(2)16(20)14(19-9-4-3-5-10-19)13-8-6-7-12(11-18)15(13)21-17;/h6-8,14,16,20H,3-5,9-10H2,1-2H3;1H/t14-,16+;/m1./s1. The maximum absolute atomic E-state index is 10.8. The van der Waals surface area contributed by atoms with Crippen LogP contribution in [-0.4, -0.2) is 34.8 Å². The van der Waals surface area contributed by atoms with Crippen LogP contribution in [0.2, 0.25) is 0 Å². The molecule has 0 unspecified atom stereocenters. The Hall–Kier alpha value is -1.28. The molecule has 5 heteroatoms. The zero-order chi connectivity index (χ0) is 15.0. The molecular weight excluding hydrogens is 300 g/mol. The molecular formula is C17H23ClN2O2. The summed E-state index contributed by atoms with van der Waals surface area (Å²) in [5.41, 5.74) is 0.805. The molecule has 1 fully saturated rings. The summed E-state index contributed by atoms with van der Waals surface area (Å²) < 4.78 is 5.98. The Morgan fingerprint density at radius 2 is 1.95 bits per heavy atom. The summed E-state index contributed by atoms with van der Waals surface area (Å²) in [5.74, 6) is 0.644. The summed E-state index contributed by atoms with van der Waals surface area (Å²) in [6, 6.07) is 7.76. The summed E-state index contributed by atoms with van der Waals surface area (Å²) in [6.07, 6.45) is 2.98. The van der Waals surface area contributed by atoms with Gasteiger partial charge in [-0.1, -0.05) is 18.6 Å². The number of hydrogen-bond acceptors (Lipinski definition) is 4. The number of aliphatic hydroxyl groups is 1. The van der Waals surface area contributed by atoms with Crippen LogP contribution in [0.4, 0.5) is 0 Å². The lowest BCUT2D eigenvalue weighted by molar-refractivity contribution is -0.0963. The highest BCUT2D eigenvalue weighted by Crippen LogP contribution is 2.44. The SMILES string of the molecule is CC1(C)Oc2c(C#N)cccc2[C@@H](N2CCCCC2)[C@@H]1O.Cl. The number of nitrogens with zero attached hydrogens (tertiary/aromatic N) is 2. The van der Waals surface area contributed by atoms with Crippen LogP contribution >= 0.6 is 12.4 Å². The van der Waals surface area contributed by atoms with Crippen LogP contribution in [0.25, 0.3) is 0 Å². The Morgan fingerprint density at radius 1 is 1.27 bits per heavy atom. The van der Waals surface area contributed by atoms with Crippen LogP contribution in [0.5, 0.6) is 5.75 Å². The van der Waals surface area contributed by atoms with E-state index in [0.717, 1.165) is 31.5 Å². The van der Waals surface area contributed by atoms with Crippen molar-refractivity contribution in [1.29, 1.82) is 5.26 Å². The van der Waals surface area contributed by atoms with Crippen molar-refractivity contribution in [2.24, 2.45) is 0 Å². The Kier molecular flexibility index (Phi) is 5.01. The average Bonchev–Trinajstić information content (AvgIpc) is 2.49. The van der Waals surface area contributed by atoms with Gasteiger partial charge in [-0.25, -0.2) is 0 Å². The third-order valence-electron chi connectivity index (χ3n) is 4.65. The fraction of sp³-hybridized carbons (Fsp3) is 0.588. The second kappa shape index (κ2) is 6.45. The second-order valence-electron chi connectivity index (χ2n) is 6.53. The highest BCUT2D eigenvalue weighted by molar-refractivity contribution is 5.85. The topological polar surface area (TPSA) is 56.5 Å². The van der Waals surface area contributed by atoms with E-state index in [0.29, 0.717) is 11.3 Å². The molecule has 2 aliphatic rings. The van der Waals surface area contributed by atoms with Crippen molar-refractivity contribution < 1.29 is 9.84 Å². The number of halogens is 1. The Balaban J connectivity index is 0.00000176. The quantitative estimate of drug-likeness (QED) is 0.863. The Bertz CT molecular complexity index is 577. The number of ether oxygens (including phenoxy) is 1. The van der Waals surface area contributed by atoms with Crippen molar-refractivity contribution in [3.05, 3.63) is 29.3 Å². The molecule has 2 atom stereocenters. The molecule has 2 aliphatic heterocycles. The zero-order valence-corrected chi connectivity index (χ0v) is 13.9. The van der Waals surface area contributed by atoms with Crippen molar-refractivity contribution in [3.8, 4) is 11.8 Å². The van der Waals surface area contributed by atoms with Gasteiger partial charge >= 0.3 is 0 Å². The molecule has 2 heterocycles. The van der Waals surface area contributed by atoms with E-state index < -0.39 is 11.7 Å². The molecule has 22 heavy (non-hydrogen) atoms. The van der Waals surface area contributed by atoms with Gasteiger partial charge < -0.3 is 9.84 Å². The van der Waals surface area contributed by atoms with E-state index in [9.17, 15) is 10.4 Å². The predicted molar refractivity (Wildman–Crippen MR) is 87.3 cm³/mol. The predicted octanol–water partition coefficient (Wildman–Crippen LogP) is 3.04. The molecule has 0 aromatic heterocycles. The Morgan fingerprint density at radius 3 is 2.59 bits per heavy atom. The monoisotopic (exact) mass is 322 g/mol. The van der Waals surface area contributed by atoms with Gasteiger partial charge in [0.25, 0.3) is 0 Å². The first-order valence-electron chi connectivity index (χ1n) is 7.69. The first-order chi connectivity index (χ1) is 10.0. The maximum atomic E-state index is 10.8. The number of benzene rings is 1. The Labute approximate surface area is 138 Å². The maximum Gasteiger partial charge on any atom is 0.142 e. The van der Waals surface area contributed by atoms with Gasteiger partial charge in [-0.2, -0.15) is 5.26 Å². The first kappa shape index (κ1) is 17.1. The van der Waals surface area contributed by atoms with E-state index in [1.807, 2.05) is 26.0 Å². The number of nitriles is 1. The molecule has 1 aromatic carbocycles. The average molecular weight is 323 g/mol. The molecule has 120 valence electrons. The highest BCUT2D eigenvalue weighted by Gasteiger charge is 2.46. The fourth-order valence-electron chi connectivity index (χ4n) is 3.46. The van der Waals surface area contributed by atoms with Crippen LogP contribution in [-0.2, 0) is 0 Å². The van der Waals surface area contributed by atoms with E-state index in [1.165, 1.54) is 6.42 Å². The number of hydrogen-bond donors (Lipinski definition) is 1. The third kappa shape index (κ3) is 2.81. The summed E-state index contributed by atoms with van der Waals surface area (Å²) in [4.78, 5) is 2.35. The van der Waals surface area contributed by atoms with Gasteiger partial charge in [-0.3, -0.25) is 4.90 Å². The minimum absolute atomic E-state index is 0. The van der Waals surface area contributed by atoms with Crippen LogP contribution in [0.3, 0.4) is 0 Å². The molecule has 4 nitrogen and oxygen atoms in total. The number of aliphatic hydroxyl groups excluding tert-OH is 1. The lowest BCUT2D eigenvalue weighted by Crippen LogP contribution is -2.54. The third-order valence-corrected chi connectivity index (χ3v) is 4.65. The molecule has 0 bridgehead atoms. The number of para-hydroxylation sites is 1. The van der Waals surface area contributed by atoms with Crippen molar-refractivity contribution >= 4 is 12.4 Å². The zero-order valence-electron chi connectivity index (χ0n) is 13.1. The largest absolute Gasteiger partial charge is 0.483 e. The molecule has 0 saturated carbocycles. The van der Waals surface area contributed by atoms with Gasteiger partial charge in [0, 0.05) is 5.56 Å². The highest BCUT2D eigenvalue weighted by atomic mass is 35.5. The number of rotatable bonds is 1. The van der Waals surface area contributed by atoms with Gasteiger partial charge in [-0.05, 0) is 45.8 Å². The van der Waals surface area contributed by atoms with Crippen molar-refractivity contribution in [2.45, 2.75) is 50.9 Å². The van der Waals surface area contributed by atoms with Gasteiger partial charge in [0.05, 0.1) is 11.6 Å². The normalized spacial score (nSPS) is 27.0. The van der Waals surface area contributed by atoms with E-state index in [4.69, 9.17) is 4.74 Å². The van der Waals surface area contributed by atoms with Gasteiger partial charge in [0.2, 0.25) is 0 Å². The van der Waals surface area contributed by atoms with Crippen LogP contribution in [0.15, 0.2) is 18.2 Å². The molecule has 0 radical (unpaired) electrons. The van der Waals surface area contributed by atoms with Crippen LogP contribution < -0.4 is 4.74 Å². The summed E-state index contributed by atoms with van der Waals surface area (Å²) in [6.45, 7) is 5.78. The molecule has 1 aromatic rings. The summed E-state index contributed by atoms with van der Waals surface area (Å²) in [7, 11) is 0. The van der Waals surface area contributed by atoms with E-state index in [1.54, 1.807) is 6.07 Å². The molecule has 3 rings (SSSR count). The van der Waals surface area contributed by atoms with Gasteiger partial charge in [-0.15, -0.1) is 12.4 Å². The minimum atomic E-state index is -0.692. The lowest BCUT2D eigenvalue weighted by Gasteiger charge is -2.47. The molecule has 1 saturated heterocycles. The number of fused-ring (bicyclic) bond motifs is 1. The van der Waals surface area contributed by atoms with Gasteiger partial charge in [0.15, 0.2) is 0 Å². The van der Waals surface area contributed by atoms with Crippen molar-refractivity contribution in [3.63, 3.8) is 0 Å². The van der Waals surface area contributed by atoms with Crippen molar-refractivity contribution in [2.75, 3.05) is 13.1 Å². The number of likely N-dealkylation sites (tertiary alicyclic amines) is 1. The van der Waals surface area contributed by atoms with Crippen molar-refractivity contribution in [1.82, 2.24) is 4.90 Å². The molecule has 1 N–H and O–H groups in total.